The van der Waals surface area contributed by atoms with Gasteiger partial charge in [-0.25, -0.2) is 4.98 Å². The van der Waals surface area contributed by atoms with E-state index in [9.17, 15) is 9.59 Å². The van der Waals surface area contributed by atoms with Gasteiger partial charge in [-0.3, -0.25) is 9.59 Å². The number of nitrogens with zero attached hydrogens (tertiary/aromatic N) is 1. The van der Waals surface area contributed by atoms with E-state index in [0.717, 1.165) is 12.1 Å². The molecule has 68 valence electrons. The van der Waals surface area contributed by atoms with Gasteiger partial charge in [0.2, 0.25) is 0 Å². The Bertz CT molecular complexity index is 346. The van der Waals surface area contributed by atoms with E-state index in [-0.39, 0.29) is 17.1 Å². The molecule has 0 unspecified atom stereocenters. The number of hydrogen-bond acceptors (Lipinski definition) is 4. The van der Waals surface area contributed by atoms with Crippen molar-refractivity contribution in [3.63, 3.8) is 0 Å². The van der Waals surface area contributed by atoms with E-state index < -0.39 is 10.5 Å². The van der Waals surface area contributed by atoms with E-state index in [1.807, 2.05) is 0 Å². The van der Waals surface area contributed by atoms with Gasteiger partial charge in [0, 0.05) is 12.1 Å². The first kappa shape index (κ1) is 9.95. The first-order valence-electron chi connectivity index (χ1n) is 3.11. The third kappa shape index (κ3) is 2.40. The van der Waals surface area contributed by atoms with Crippen LogP contribution in [0.1, 0.15) is 21.0 Å². The zero-order valence-corrected chi connectivity index (χ0v) is 7.63. The molecule has 0 aliphatic carbocycles. The lowest BCUT2D eigenvalue weighted by Gasteiger charge is -1.97. The van der Waals surface area contributed by atoms with Crippen LogP contribution in [0.5, 0.6) is 5.75 Å². The summed E-state index contributed by atoms with van der Waals surface area (Å²) in [6.07, 6.45) is 0. The van der Waals surface area contributed by atoms with Gasteiger partial charge >= 0.3 is 0 Å². The van der Waals surface area contributed by atoms with Crippen molar-refractivity contribution in [2.75, 3.05) is 0 Å². The van der Waals surface area contributed by atoms with Gasteiger partial charge < -0.3 is 5.11 Å². The van der Waals surface area contributed by atoms with Crippen molar-refractivity contribution in [3.8, 4) is 5.75 Å². The number of pyridine rings is 1. The van der Waals surface area contributed by atoms with E-state index in [0.29, 0.717) is 0 Å². The molecule has 0 amide bonds. The summed E-state index contributed by atoms with van der Waals surface area (Å²) in [6, 6.07) is 2.08. The van der Waals surface area contributed by atoms with Crippen LogP contribution in [0.4, 0.5) is 0 Å². The molecule has 1 aromatic rings. The number of hydrogen-bond donors (Lipinski definition) is 1. The summed E-state index contributed by atoms with van der Waals surface area (Å²) in [4.78, 5) is 24.7. The lowest BCUT2D eigenvalue weighted by molar-refractivity contribution is 0.107. The Labute approximate surface area is 83.1 Å². The Morgan fingerprint density at radius 2 is 1.54 bits per heavy atom. The molecular formula is C7H3Cl2NO3. The van der Waals surface area contributed by atoms with Crippen molar-refractivity contribution in [2.24, 2.45) is 0 Å². The molecule has 4 nitrogen and oxygen atoms in total. The first-order valence-corrected chi connectivity index (χ1v) is 3.87. The van der Waals surface area contributed by atoms with Gasteiger partial charge in [0.05, 0.1) is 0 Å². The summed E-state index contributed by atoms with van der Waals surface area (Å²) in [5.74, 6) is -0.289. The molecule has 1 aromatic heterocycles. The summed E-state index contributed by atoms with van der Waals surface area (Å²) in [6.45, 7) is 0. The van der Waals surface area contributed by atoms with Crippen LogP contribution in [0.15, 0.2) is 12.1 Å². The van der Waals surface area contributed by atoms with E-state index in [2.05, 4.69) is 4.98 Å². The monoisotopic (exact) mass is 219 g/mol. The van der Waals surface area contributed by atoms with Crippen molar-refractivity contribution < 1.29 is 14.7 Å². The number of halogens is 2. The fourth-order valence-corrected chi connectivity index (χ4v) is 0.911. The Morgan fingerprint density at radius 1 is 1.15 bits per heavy atom. The van der Waals surface area contributed by atoms with Crippen molar-refractivity contribution in [1.29, 1.82) is 0 Å². The van der Waals surface area contributed by atoms with Crippen molar-refractivity contribution in [3.05, 3.63) is 23.5 Å². The molecule has 1 rings (SSSR count). The van der Waals surface area contributed by atoms with Crippen LogP contribution in [0, 0.1) is 0 Å². The molecule has 0 fully saturated rings. The molecule has 0 radical (unpaired) electrons. The maximum absolute atomic E-state index is 10.6. The van der Waals surface area contributed by atoms with Crippen LogP contribution >= 0.6 is 23.2 Å². The molecule has 1 heterocycles. The number of aromatic hydroxyl groups is 1. The average molecular weight is 220 g/mol. The standard InChI is InChI=1S/C7H3Cl2NO3/c8-6(12)4-1-3(11)2-5(10-4)7(9)13/h1-2H,(H,10,11). The highest BCUT2D eigenvalue weighted by Gasteiger charge is 2.11. The minimum Gasteiger partial charge on any atom is -0.508 e. The maximum atomic E-state index is 10.6. The third-order valence-corrected chi connectivity index (χ3v) is 1.60. The highest BCUT2D eigenvalue weighted by atomic mass is 35.5. The summed E-state index contributed by atoms with van der Waals surface area (Å²) in [7, 11) is 0. The molecule has 0 aliphatic rings. The van der Waals surface area contributed by atoms with Crippen LogP contribution in [-0.2, 0) is 0 Å². The number of carbonyl (C=O) groups excluding carboxylic acids is 2. The van der Waals surface area contributed by atoms with Gasteiger partial charge in [-0.2, -0.15) is 0 Å². The molecule has 0 aromatic carbocycles. The second-order valence-corrected chi connectivity index (χ2v) is 2.83. The third-order valence-electron chi connectivity index (χ3n) is 1.21. The van der Waals surface area contributed by atoms with Gasteiger partial charge in [0.25, 0.3) is 10.5 Å². The highest BCUT2D eigenvalue weighted by molar-refractivity contribution is 6.68. The van der Waals surface area contributed by atoms with Crippen LogP contribution in [0.25, 0.3) is 0 Å². The van der Waals surface area contributed by atoms with Crippen molar-refractivity contribution in [2.45, 2.75) is 0 Å². The summed E-state index contributed by atoms with van der Waals surface area (Å²) < 4.78 is 0. The van der Waals surface area contributed by atoms with E-state index in [1.54, 1.807) is 0 Å². The van der Waals surface area contributed by atoms with Crippen LogP contribution in [0.2, 0.25) is 0 Å². The van der Waals surface area contributed by atoms with Gasteiger partial charge in [-0.15, -0.1) is 0 Å². The maximum Gasteiger partial charge on any atom is 0.270 e. The Hall–Kier alpha value is -1.13. The lowest BCUT2D eigenvalue weighted by Crippen LogP contribution is -2.00. The lowest BCUT2D eigenvalue weighted by atomic mass is 10.3. The zero-order chi connectivity index (χ0) is 10.0. The Morgan fingerprint density at radius 3 is 1.85 bits per heavy atom. The largest absolute Gasteiger partial charge is 0.508 e. The van der Waals surface area contributed by atoms with Crippen molar-refractivity contribution >= 4 is 33.7 Å². The highest BCUT2D eigenvalue weighted by Crippen LogP contribution is 2.15. The zero-order valence-electron chi connectivity index (χ0n) is 6.12. The van der Waals surface area contributed by atoms with E-state index in [1.165, 1.54) is 0 Å². The molecule has 13 heavy (non-hydrogen) atoms. The molecule has 0 spiro atoms. The number of carbonyl (C=O) groups is 2. The summed E-state index contributed by atoms with van der Waals surface area (Å²) in [5.41, 5.74) is -0.434. The first-order chi connectivity index (χ1) is 6.00. The minimum absolute atomic E-state index is 0.217. The van der Waals surface area contributed by atoms with Crippen molar-refractivity contribution in [1.82, 2.24) is 4.98 Å². The molecule has 0 atom stereocenters. The Balaban J connectivity index is 3.26. The SMILES string of the molecule is O=C(Cl)c1cc(O)cc(C(=O)Cl)n1. The number of aromatic nitrogens is 1. The van der Waals surface area contributed by atoms with Crippen LogP contribution in [-0.4, -0.2) is 20.6 Å². The van der Waals surface area contributed by atoms with Gasteiger partial charge in [-0.05, 0) is 23.2 Å². The van der Waals surface area contributed by atoms with E-state index in [4.69, 9.17) is 28.3 Å². The Kier molecular flexibility index (Phi) is 2.85. The van der Waals surface area contributed by atoms with Crippen LogP contribution in [0.3, 0.4) is 0 Å². The topological polar surface area (TPSA) is 67.3 Å². The normalized spacial score (nSPS) is 9.69. The molecule has 1 N–H and O–H groups in total. The second kappa shape index (κ2) is 3.72. The van der Waals surface area contributed by atoms with Gasteiger partial charge in [-0.1, -0.05) is 0 Å². The average Bonchev–Trinajstić information content (AvgIpc) is 2.03. The molecule has 0 saturated carbocycles. The quantitative estimate of drug-likeness (QED) is 0.767. The molecule has 0 saturated heterocycles. The molecule has 6 heteroatoms. The molecule has 0 bridgehead atoms. The number of rotatable bonds is 2. The second-order valence-electron chi connectivity index (χ2n) is 2.14. The summed E-state index contributed by atoms with van der Waals surface area (Å²) in [5, 5.41) is 7.30. The van der Waals surface area contributed by atoms with E-state index >= 15 is 0 Å². The fraction of sp³-hybridized carbons (Fsp3) is 0. The molecular weight excluding hydrogens is 217 g/mol. The van der Waals surface area contributed by atoms with Crippen LogP contribution < -0.4 is 0 Å². The predicted molar refractivity (Wildman–Crippen MR) is 46.3 cm³/mol. The van der Waals surface area contributed by atoms with Gasteiger partial charge in [0.1, 0.15) is 17.1 Å². The fourth-order valence-electron chi connectivity index (χ4n) is 0.718. The minimum atomic E-state index is -0.866. The summed E-state index contributed by atoms with van der Waals surface area (Å²) >= 11 is 10.2. The van der Waals surface area contributed by atoms with Gasteiger partial charge in [0.15, 0.2) is 0 Å². The predicted octanol–water partition coefficient (Wildman–Crippen LogP) is 1.55. The molecule has 0 aliphatic heterocycles. The smallest absolute Gasteiger partial charge is 0.270 e.